The first-order chi connectivity index (χ1) is 9.99. The quantitative estimate of drug-likeness (QED) is 0.589. The average Bonchev–Trinajstić information content (AvgIpc) is 2.46. The van der Waals surface area contributed by atoms with Crippen molar-refractivity contribution in [2.45, 2.75) is 38.1 Å². The number of nitrogens with one attached hydrogen (secondary N) is 1. The topological polar surface area (TPSA) is 38.3 Å². The van der Waals surface area contributed by atoms with Gasteiger partial charge in [-0.2, -0.15) is 0 Å². The summed E-state index contributed by atoms with van der Waals surface area (Å²) in [6, 6.07) is 1.67. The predicted octanol–water partition coefficient (Wildman–Crippen LogP) is 5.13. The normalized spacial score (nSPS) is 15.8. The van der Waals surface area contributed by atoms with Crippen molar-refractivity contribution in [2.24, 2.45) is 0 Å². The van der Waals surface area contributed by atoms with Crippen molar-refractivity contribution in [3.05, 3.63) is 26.2 Å². The maximum atomic E-state index is 11.9. The zero-order chi connectivity index (χ0) is 15.4. The van der Waals surface area contributed by atoms with Crippen LogP contribution in [0.2, 0.25) is 20.1 Å². The summed E-state index contributed by atoms with van der Waals surface area (Å²) in [5, 5.41) is 3.68. The van der Waals surface area contributed by atoms with Gasteiger partial charge in [-0.3, -0.25) is 4.79 Å². The molecular weight excluding hydrogens is 356 g/mol. The van der Waals surface area contributed by atoms with Crippen LogP contribution in [0, 0.1) is 0 Å². The largest absolute Gasteiger partial charge is 0.481 e. The maximum Gasteiger partial charge on any atom is 0.258 e. The number of halogens is 4. The highest BCUT2D eigenvalue weighted by atomic mass is 35.5. The maximum absolute atomic E-state index is 11.9. The van der Waals surface area contributed by atoms with Gasteiger partial charge in [-0.1, -0.05) is 65.7 Å². The van der Waals surface area contributed by atoms with E-state index < -0.39 is 0 Å². The van der Waals surface area contributed by atoms with Crippen LogP contribution < -0.4 is 10.1 Å². The Hall–Kier alpha value is -0.350. The molecule has 3 nitrogen and oxygen atoms in total. The van der Waals surface area contributed by atoms with E-state index in [1.807, 2.05) is 0 Å². The van der Waals surface area contributed by atoms with Crippen molar-refractivity contribution >= 4 is 52.3 Å². The van der Waals surface area contributed by atoms with Crippen LogP contribution in [0.4, 0.5) is 0 Å². The van der Waals surface area contributed by atoms with Crippen LogP contribution in [0.5, 0.6) is 5.75 Å². The lowest BCUT2D eigenvalue weighted by atomic mass is 9.95. The smallest absolute Gasteiger partial charge is 0.258 e. The van der Waals surface area contributed by atoms with Crippen LogP contribution in [0.25, 0.3) is 0 Å². The van der Waals surface area contributed by atoms with Crippen molar-refractivity contribution in [3.63, 3.8) is 0 Å². The zero-order valence-electron chi connectivity index (χ0n) is 11.2. The van der Waals surface area contributed by atoms with Crippen LogP contribution >= 0.6 is 46.4 Å². The molecule has 1 aliphatic carbocycles. The fourth-order valence-corrected chi connectivity index (χ4v) is 3.35. The van der Waals surface area contributed by atoms with Crippen LogP contribution in [0.1, 0.15) is 32.1 Å². The van der Waals surface area contributed by atoms with E-state index in [1.165, 1.54) is 12.5 Å². The molecule has 0 unspecified atom stereocenters. The Morgan fingerprint density at radius 2 is 1.76 bits per heavy atom. The Morgan fingerprint density at radius 3 is 2.43 bits per heavy atom. The van der Waals surface area contributed by atoms with Gasteiger partial charge >= 0.3 is 0 Å². The van der Waals surface area contributed by atoms with E-state index in [0.717, 1.165) is 25.7 Å². The number of rotatable bonds is 4. The standard InChI is InChI=1S/C14H15Cl4NO2/c15-9-6-10(16)14(13(18)12(9)17)21-7-11(20)19-8-4-2-1-3-5-8/h6,8H,1-5,7H2,(H,19,20). The van der Waals surface area contributed by atoms with Crippen LogP contribution in [0.15, 0.2) is 6.07 Å². The van der Waals surface area contributed by atoms with Gasteiger partial charge in [0.25, 0.3) is 5.91 Å². The Kier molecular flexibility index (Phi) is 6.30. The molecule has 116 valence electrons. The molecule has 0 bridgehead atoms. The first-order valence-electron chi connectivity index (χ1n) is 6.74. The highest BCUT2D eigenvalue weighted by Gasteiger charge is 2.18. The number of hydrogen-bond acceptors (Lipinski definition) is 2. The summed E-state index contributed by atoms with van der Waals surface area (Å²) < 4.78 is 5.39. The molecule has 0 aliphatic heterocycles. The van der Waals surface area contributed by atoms with Crippen molar-refractivity contribution < 1.29 is 9.53 Å². The molecule has 1 amide bonds. The number of carbonyl (C=O) groups excluding carboxylic acids is 1. The summed E-state index contributed by atoms with van der Waals surface area (Å²) in [7, 11) is 0. The van der Waals surface area contributed by atoms with Gasteiger partial charge < -0.3 is 10.1 Å². The molecule has 0 spiro atoms. The van der Waals surface area contributed by atoms with Crippen molar-refractivity contribution in [1.29, 1.82) is 0 Å². The minimum absolute atomic E-state index is 0.111. The SMILES string of the molecule is O=C(COc1c(Cl)cc(Cl)c(Cl)c1Cl)NC1CCCCC1. The second-order valence-electron chi connectivity index (χ2n) is 4.99. The molecule has 21 heavy (non-hydrogen) atoms. The van der Waals surface area contributed by atoms with E-state index in [9.17, 15) is 4.79 Å². The monoisotopic (exact) mass is 369 g/mol. The summed E-state index contributed by atoms with van der Waals surface area (Å²) in [6.07, 6.45) is 5.56. The summed E-state index contributed by atoms with van der Waals surface area (Å²) in [4.78, 5) is 11.9. The Morgan fingerprint density at radius 1 is 1.10 bits per heavy atom. The molecule has 7 heteroatoms. The molecular formula is C14H15Cl4NO2. The van der Waals surface area contributed by atoms with E-state index in [2.05, 4.69) is 5.32 Å². The summed E-state index contributed by atoms with van der Waals surface area (Å²) >= 11 is 23.8. The molecule has 1 aromatic carbocycles. The van der Waals surface area contributed by atoms with E-state index in [0.29, 0.717) is 0 Å². The third-order valence-corrected chi connectivity index (χ3v) is 4.92. The number of ether oxygens (including phenoxy) is 1. The molecule has 0 saturated heterocycles. The second kappa shape index (κ2) is 7.77. The Bertz CT molecular complexity index is 530. The molecule has 1 aromatic rings. The predicted molar refractivity (Wildman–Crippen MR) is 87.0 cm³/mol. The second-order valence-corrected chi connectivity index (χ2v) is 6.56. The lowest BCUT2D eigenvalue weighted by molar-refractivity contribution is -0.124. The van der Waals surface area contributed by atoms with Gasteiger partial charge in [-0.25, -0.2) is 0 Å². The fraction of sp³-hybridized carbons (Fsp3) is 0.500. The minimum atomic E-state index is -0.194. The highest BCUT2D eigenvalue weighted by molar-refractivity contribution is 6.50. The van der Waals surface area contributed by atoms with E-state index in [-0.39, 0.29) is 44.4 Å². The molecule has 0 heterocycles. The van der Waals surface area contributed by atoms with Crippen LogP contribution in [-0.4, -0.2) is 18.6 Å². The number of amides is 1. The lowest BCUT2D eigenvalue weighted by Gasteiger charge is -2.22. The molecule has 1 saturated carbocycles. The highest BCUT2D eigenvalue weighted by Crippen LogP contribution is 2.42. The van der Waals surface area contributed by atoms with Gasteiger partial charge in [0.15, 0.2) is 12.4 Å². The van der Waals surface area contributed by atoms with E-state index >= 15 is 0 Å². The molecule has 0 radical (unpaired) electrons. The molecule has 1 aliphatic rings. The van der Waals surface area contributed by atoms with Gasteiger partial charge in [0.1, 0.15) is 5.02 Å². The van der Waals surface area contributed by atoms with Crippen molar-refractivity contribution in [3.8, 4) is 5.75 Å². The van der Waals surface area contributed by atoms with Gasteiger partial charge in [0.2, 0.25) is 0 Å². The molecule has 1 N–H and O–H groups in total. The first kappa shape index (κ1) is 17.0. The minimum Gasteiger partial charge on any atom is -0.481 e. The van der Waals surface area contributed by atoms with E-state index in [4.69, 9.17) is 51.1 Å². The average molecular weight is 371 g/mol. The number of benzene rings is 1. The zero-order valence-corrected chi connectivity index (χ0v) is 14.2. The third-order valence-electron chi connectivity index (χ3n) is 3.39. The van der Waals surface area contributed by atoms with Gasteiger partial charge in [-0.05, 0) is 18.9 Å². The summed E-state index contributed by atoms with van der Waals surface area (Å²) in [5.74, 6) is -0.0216. The molecule has 0 aromatic heterocycles. The lowest BCUT2D eigenvalue weighted by Crippen LogP contribution is -2.39. The molecule has 0 atom stereocenters. The third kappa shape index (κ3) is 4.56. The number of carbonyl (C=O) groups is 1. The van der Waals surface area contributed by atoms with Crippen molar-refractivity contribution in [2.75, 3.05) is 6.61 Å². The van der Waals surface area contributed by atoms with Crippen molar-refractivity contribution in [1.82, 2.24) is 5.32 Å². The van der Waals surface area contributed by atoms with Gasteiger partial charge in [0, 0.05) is 6.04 Å². The summed E-state index contributed by atoms with van der Waals surface area (Å²) in [6.45, 7) is -0.159. The number of hydrogen-bond donors (Lipinski definition) is 1. The van der Waals surface area contributed by atoms with Crippen LogP contribution in [0.3, 0.4) is 0 Å². The summed E-state index contributed by atoms with van der Waals surface area (Å²) in [5.41, 5.74) is 0. The Labute approximate surface area is 143 Å². The molecule has 2 rings (SSSR count). The molecule has 1 fully saturated rings. The van der Waals surface area contributed by atoms with Gasteiger partial charge in [0.05, 0.1) is 15.1 Å². The fourth-order valence-electron chi connectivity index (χ4n) is 2.34. The van der Waals surface area contributed by atoms with Gasteiger partial charge in [-0.15, -0.1) is 0 Å². The first-order valence-corrected chi connectivity index (χ1v) is 8.25. The Balaban J connectivity index is 1.93. The van der Waals surface area contributed by atoms with E-state index in [1.54, 1.807) is 0 Å². The van der Waals surface area contributed by atoms with Crippen LogP contribution in [-0.2, 0) is 4.79 Å².